The van der Waals surface area contributed by atoms with Gasteiger partial charge in [-0.1, -0.05) is 5.16 Å². The van der Waals surface area contributed by atoms with Gasteiger partial charge in [0.1, 0.15) is 5.75 Å². The van der Waals surface area contributed by atoms with Gasteiger partial charge in [0.05, 0.1) is 41.7 Å². The Morgan fingerprint density at radius 2 is 2.04 bits per heavy atom. The van der Waals surface area contributed by atoms with Crippen LogP contribution in [0, 0.1) is 6.92 Å². The topological polar surface area (TPSA) is 97.1 Å². The molecule has 3 aromatic heterocycles. The third-order valence-electron chi connectivity index (χ3n) is 4.55. The highest BCUT2D eigenvalue weighted by molar-refractivity contribution is 6.06. The number of benzene rings is 1. The molecule has 0 atom stereocenters. The van der Waals surface area contributed by atoms with Crippen molar-refractivity contribution < 1.29 is 14.1 Å². The standard InChI is InChI=1S/C20H19N5O3/c1-12-18-16(20(26)25(2)11-14-8-9-21-23-14)10-17(22-19(18)28-24-12)13-4-6-15(27-3)7-5-13/h4-10H,11H2,1-3H3,(H,21,23). The van der Waals surface area contributed by atoms with Gasteiger partial charge in [0.15, 0.2) is 0 Å². The van der Waals surface area contributed by atoms with Crippen molar-refractivity contribution in [3.05, 3.63) is 59.5 Å². The van der Waals surface area contributed by atoms with Crippen LogP contribution in [0.1, 0.15) is 21.7 Å². The largest absolute Gasteiger partial charge is 0.497 e. The zero-order valence-corrected chi connectivity index (χ0v) is 15.8. The molecule has 3 heterocycles. The summed E-state index contributed by atoms with van der Waals surface area (Å²) in [5.41, 5.74) is 3.79. The Morgan fingerprint density at radius 1 is 1.25 bits per heavy atom. The molecule has 142 valence electrons. The fourth-order valence-electron chi connectivity index (χ4n) is 3.08. The van der Waals surface area contributed by atoms with E-state index in [2.05, 4.69) is 20.3 Å². The lowest BCUT2D eigenvalue weighted by Crippen LogP contribution is -2.26. The highest BCUT2D eigenvalue weighted by Gasteiger charge is 2.22. The molecular weight excluding hydrogens is 358 g/mol. The average Bonchev–Trinajstić information content (AvgIpc) is 3.36. The van der Waals surface area contributed by atoms with Crippen molar-refractivity contribution in [1.82, 2.24) is 25.2 Å². The van der Waals surface area contributed by atoms with Crippen LogP contribution < -0.4 is 4.74 Å². The molecule has 1 amide bonds. The van der Waals surface area contributed by atoms with Gasteiger partial charge in [-0.2, -0.15) is 5.10 Å². The molecule has 0 unspecified atom stereocenters. The molecule has 4 rings (SSSR count). The second-order valence-corrected chi connectivity index (χ2v) is 6.47. The Balaban J connectivity index is 1.77. The van der Waals surface area contributed by atoms with Gasteiger partial charge in [0, 0.05) is 18.8 Å². The number of carbonyl (C=O) groups excluding carboxylic acids is 1. The van der Waals surface area contributed by atoms with Crippen LogP contribution >= 0.6 is 0 Å². The molecule has 0 radical (unpaired) electrons. The lowest BCUT2D eigenvalue weighted by atomic mass is 10.0. The Bertz CT molecular complexity index is 1120. The third-order valence-corrected chi connectivity index (χ3v) is 4.55. The number of hydrogen-bond donors (Lipinski definition) is 1. The van der Waals surface area contributed by atoms with E-state index in [1.165, 1.54) is 0 Å². The van der Waals surface area contributed by atoms with Crippen LogP contribution in [-0.4, -0.2) is 45.3 Å². The van der Waals surface area contributed by atoms with Crippen LogP contribution in [0.5, 0.6) is 5.75 Å². The van der Waals surface area contributed by atoms with Crippen LogP contribution in [-0.2, 0) is 6.54 Å². The second kappa shape index (κ2) is 7.15. The average molecular weight is 377 g/mol. The maximum absolute atomic E-state index is 13.2. The third kappa shape index (κ3) is 3.20. The summed E-state index contributed by atoms with van der Waals surface area (Å²) >= 11 is 0. The number of aryl methyl sites for hydroxylation is 1. The van der Waals surface area contributed by atoms with Crippen molar-refractivity contribution in [1.29, 1.82) is 0 Å². The molecule has 28 heavy (non-hydrogen) atoms. The number of aromatic nitrogens is 4. The maximum Gasteiger partial charge on any atom is 0.259 e. The normalized spacial score (nSPS) is 11.0. The number of H-pyrrole nitrogens is 1. The minimum atomic E-state index is -0.150. The summed E-state index contributed by atoms with van der Waals surface area (Å²) in [6.45, 7) is 2.21. The molecule has 0 saturated carbocycles. The van der Waals surface area contributed by atoms with Gasteiger partial charge < -0.3 is 14.2 Å². The van der Waals surface area contributed by atoms with E-state index in [4.69, 9.17) is 9.26 Å². The van der Waals surface area contributed by atoms with Crippen molar-refractivity contribution in [3.63, 3.8) is 0 Å². The van der Waals surface area contributed by atoms with E-state index in [-0.39, 0.29) is 5.91 Å². The van der Waals surface area contributed by atoms with Crippen molar-refractivity contribution in [2.24, 2.45) is 0 Å². The highest BCUT2D eigenvalue weighted by atomic mass is 16.5. The minimum Gasteiger partial charge on any atom is -0.497 e. The molecule has 0 bridgehead atoms. The van der Waals surface area contributed by atoms with E-state index in [1.807, 2.05) is 30.3 Å². The predicted molar refractivity (Wildman–Crippen MR) is 103 cm³/mol. The Labute approximate surface area is 161 Å². The summed E-state index contributed by atoms with van der Waals surface area (Å²) in [6.07, 6.45) is 1.66. The molecule has 0 aliphatic heterocycles. The molecule has 4 aromatic rings. The first-order valence-corrected chi connectivity index (χ1v) is 8.72. The first-order chi connectivity index (χ1) is 13.6. The van der Waals surface area contributed by atoms with Gasteiger partial charge in [0.2, 0.25) is 0 Å². The zero-order valence-electron chi connectivity index (χ0n) is 15.8. The zero-order chi connectivity index (χ0) is 19.7. The van der Waals surface area contributed by atoms with Crippen molar-refractivity contribution in [3.8, 4) is 17.0 Å². The maximum atomic E-state index is 13.2. The lowest BCUT2D eigenvalue weighted by molar-refractivity contribution is 0.0785. The number of fused-ring (bicyclic) bond motifs is 1. The van der Waals surface area contributed by atoms with Crippen LogP contribution in [0.15, 0.2) is 47.1 Å². The summed E-state index contributed by atoms with van der Waals surface area (Å²) < 4.78 is 10.6. The van der Waals surface area contributed by atoms with Crippen LogP contribution in [0.4, 0.5) is 0 Å². The van der Waals surface area contributed by atoms with E-state index < -0.39 is 0 Å². The Hall–Kier alpha value is -3.68. The molecule has 1 aromatic carbocycles. The lowest BCUT2D eigenvalue weighted by Gasteiger charge is -2.17. The van der Waals surface area contributed by atoms with Crippen LogP contribution in [0.2, 0.25) is 0 Å². The van der Waals surface area contributed by atoms with Crippen molar-refractivity contribution >= 4 is 17.0 Å². The minimum absolute atomic E-state index is 0.150. The number of hydrogen-bond acceptors (Lipinski definition) is 6. The summed E-state index contributed by atoms with van der Waals surface area (Å²) in [6, 6.07) is 11.1. The molecule has 1 N–H and O–H groups in total. The summed E-state index contributed by atoms with van der Waals surface area (Å²) in [5, 5.41) is 11.4. The molecular formula is C20H19N5O3. The van der Waals surface area contributed by atoms with Gasteiger partial charge in [0.25, 0.3) is 11.6 Å². The van der Waals surface area contributed by atoms with E-state index in [0.717, 1.165) is 17.0 Å². The smallest absolute Gasteiger partial charge is 0.259 e. The highest BCUT2D eigenvalue weighted by Crippen LogP contribution is 2.29. The van der Waals surface area contributed by atoms with Gasteiger partial charge in [-0.25, -0.2) is 4.98 Å². The van der Waals surface area contributed by atoms with E-state index in [9.17, 15) is 4.79 Å². The number of amides is 1. The van der Waals surface area contributed by atoms with Gasteiger partial charge in [-0.3, -0.25) is 9.89 Å². The van der Waals surface area contributed by atoms with E-state index in [1.54, 1.807) is 38.2 Å². The summed E-state index contributed by atoms with van der Waals surface area (Å²) in [5.74, 6) is 0.596. The molecule has 0 saturated heterocycles. The Morgan fingerprint density at radius 3 is 2.71 bits per heavy atom. The molecule has 0 aliphatic carbocycles. The number of rotatable bonds is 5. The molecule has 0 aliphatic rings. The first-order valence-electron chi connectivity index (χ1n) is 8.72. The number of carbonyl (C=O) groups is 1. The number of methoxy groups -OCH3 is 1. The summed E-state index contributed by atoms with van der Waals surface area (Å²) in [4.78, 5) is 19.4. The molecule has 0 fully saturated rings. The second-order valence-electron chi connectivity index (χ2n) is 6.47. The predicted octanol–water partition coefficient (Wildman–Crippen LogP) is 3.20. The molecule has 0 spiro atoms. The Kier molecular flexibility index (Phi) is 4.52. The van der Waals surface area contributed by atoms with Crippen LogP contribution in [0.25, 0.3) is 22.4 Å². The van der Waals surface area contributed by atoms with E-state index >= 15 is 0 Å². The van der Waals surface area contributed by atoms with E-state index in [0.29, 0.717) is 34.6 Å². The van der Waals surface area contributed by atoms with Gasteiger partial charge in [-0.15, -0.1) is 0 Å². The quantitative estimate of drug-likeness (QED) is 0.574. The number of aromatic amines is 1. The number of nitrogens with one attached hydrogen (secondary N) is 1. The monoisotopic (exact) mass is 377 g/mol. The SMILES string of the molecule is COc1ccc(-c2cc(C(=O)N(C)Cc3ccn[nH]3)c3c(C)noc3n2)cc1. The van der Waals surface area contributed by atoms with Crippen molar-refractivity contribution in [2.45, 2.75) is 13.5 Å². The summed E-state index contributed by atoms with van der Waals surface area (Å²) in [7, 11) is 3.36. The van der Waals surface area contributed by atoms with Gasteiger partial charge in [-0.05, 0) is 43.3 Å². The number of ether oxygens (including phenoxy) is 1. The van der Waals surface area contributed by atoms with Crippen molar-refractivity contribution in [2.75, 3.05) is 14.2 Å². The number of pyridine rings is 1. The van der Waals surface area contributed by atoms with Gasteiger partial charge >= 0.3 is 0 Å². The van der Waals surface area contributed by atoms with Crippen LogP contribution in [0.3, 0.4) is 0 Å². The first kappa shape index (κ1) is 17.7. The number of nitrogens with zero attached hydrogens (tertiary/aromatic N) is 4. The fraction of sp³-hybridized carbons (Fsp3) is 0.200. The fourth-order valence-corrected chi connectivity index (χ4v) is 3.08. The molecule has 8 nitrogen and oxygen atoms in total. The molecule has 8 heteroatoms.